The Morgan fingerprint density at radius 2 is 1.96 bits per heavy atom. The summed E-state index contributed by atoms with van der Waals surface area (Å²) in [5.74, 6) is 0.805. The molecule has 0 saturated carbocycles. The van der Waals surface area contributed by atoms with Gasteiger partial charge in [0, 0.05) is 13.5 Å². The van der Waals surface area contributed by atoms with Gasteiger partial charge in [-0.2, -0.15) is 5.10 Å². The standard InChI is InChI=1S/C18H17Cl2N3OS/c1-21-18(25)23-16(13-4-3-5-14(19)17(13)20)10-15(22-23)11-6-8-12(24-2)9-7-11/h3-9,16H,10H2,1-2H3,(H,21,25)/t16-/m0/s1. The van der Waals surface area contributed by atoms with E-state index >= 15 is 0 Å². The zero-order valence-electron chi connectivity index (χ0n) is 13.8. The lowest BCUT2D eigenvalue weighted by molar-refractivity contribution is 0.367. The molecular weight excluding hydrogens is 377 g/mol. The molecule has 1 aliphatic rings. The smallest absolute Gasteiger partial charge is 0.189 e. The van der Waals surface area contributed by atoms with Crippen LogP contribution in [0, 0.1) is 0 Å². The average Bonchev–Trinajstić information content (AvgIpc) is 3.08. The van der Waals surface area contributed by atoms with Gasteiger partial charge in [-0.1, -0.05) is 35.3 Å². The third kappa shape index (κ3) is 3.59. The number of hydrogen-bond acceptors (Lipinski definition) is 3. The van der Waals surface area contributed by atoms with Gasteiger partial charge in [-0.15, -0.1) is 0 Å². The van der Waals surface area contributed by atoms with E-state index in [1.807, 2.05) is 36.4 Å². The number of benzene rings is 2. The van der Waals surface area contributed by atoms with Crippen molar-refractivity contribution in [1.29, 1.82) is 0 Å². The van der Waals surface area contributed by atoms with E-state index in [1.165, 1.54) is 0 Å². The topological polar surface area (TPSA) is 36.9 Å². The van der Waals surface area contributed by atoms with Crippen LogP contribution >= 0.6 is 35.4 Å². The Balaban J connectivity index is 1.97. The van der Waals surface area contributed by atoms with E-state index in [0.717, 1.165) is 22.6 Å². The largest absolute Gasteiger partial charge is 0.497 e. The van der Waals surface area contributed by atoms with Gasteiger partial charge >= 0.3 is 0 Å². The number of rotatable bonds is 3. The summed E-state index contributed by atoms with van der Waals surface area (Å²) in [6.45, 7) is 0. The first-order chi connectivity index (χ1) is 12.0. The van der Waals surface area contributed by atoms with Crippen molar-refractivity contribution in [2.75, 3.05) is 14.2 Å². The van der Waals surface area contributed by atoms with Crippen molar-refractivity contribution in [2.45, 2.75) is 12.5 Å². The summed E-state index contributed by atoms with van der Waals surface area (Å²) in [4.78, 5) is 0. The zero-order chi connectivity index (χ0) is 18.0. The molecule has 2 aromatic rings. The quantitative estimate of drug-likeness (QED) is 0.769. The van der Waals surface area contributed by atoms with Crippen molar-refractivity contribution in [1.82, 2.24) is 10.3 Å². The molecule has 0 fully saturated rings. The molecule has 0 radical (unpaired) electrons. The molecule has 25 heavy (non-hydrogen) atoms. The second-order valence-electron chi connectivity index (χ2n) is 5.54. The summed E-state index contributed by atoms with van der Waals surface area (Å²) in [6, 6.07) is 13.3. The highest BCUT2D eigenvalue weighted by Gasteiger charge is 2.32. The summed E-state index contributed by atoms with van der Waals surface area (Å²) < 4.78 is 5.21. The van der Waals surface area contributed by atoms with E-state index in [-0.39, 0.29) is 6.04 Å². The fourth-order valence-electron chi connectivity index (χ4n) is 2.79. The van der Waals surface area contributed by atoms with Gasteiger partial charge in [0.05, 0.1) is 28.9 Å². The fourth-order valence-corrected chi connectivity index (χ4v) is 3.39. The second kappa shape index (κ2) is 7.60. The number of thiocarbonyl (C=S) groups is 1. The van der Waals surface area contributed by atoms with Gasteiger partial charge < -0.3 is 10.1 Å². The minimum Gasteiger partial charge on any atom is -0.497 e. The van der Waals surface area contributed by atoms with Gasteiger partial charge in [-0.05, 0) is 53.7 Å². The molecule has 4 nitrogen and oxygen atoms in total. The normalized spacial score (nSPS) is 16.6. The molecule has 0 bridgehead atoms. The van der Waals surface area contributed by atoms with Crippen molar-refractivity contribution in [3.8, 4) is 5.75 Å². The Morgan fingerprint density at radius 3 is 2.60 bits per heavy atom. The number of hydrogen-bond donors (Lipinski definition) is 1. The summed E-state index contributed by atoms with van der Waals surface area (Å²) >= 11 is 18.0. The van der Waals surface area contributed by atoms with Crippen molar-refractivity contribution in [3.05, 3.63) is 63.6 Å². The van der Waals surface area contributed by atoms with E-state index in [1.54, 1.807) is 25.2 Å². The monoisotopic (exact) mass is 393 g/mol. The Bertz CT molecular complexity index is 824. The maximum Gasteiger partial charge on any atom is 0.189 e. The highest BCUT2D eigenvalue weighted by molar-refractivity contribution is 7.80. The summed E-state index contributed by atoms with van der Waals surface area (Å²) in [6.07, 6.45) is 0.675. The Morgan fingerprint density at radius 1 is 1.24 bits per heavy atom. The molecule has 0 aromatic heterocycles. The predicted octanol–water partition coefficient (Wildman–Crippen LogP) is 4.66. The van der Waals surface area contributed by atoms with Crippen LogP contribution in [0.15, 0.2) is 47.6 Å². The van der Waals surface area contributed by atoms with Crippen LogP contribution in [-0.4, -0.2) is 30.0 Å². The first kappa shape index (κ1) is 18.0. The van der Waals surface area contributed by atoms with Crippen LogP contribution in [-0.2, 0) is 0 Å². The first-order valence-corrected chi connectivity index (χ1v) is 8.88. The summed E-state index contributed by atoms with van der Waals surface area (Å²) in [5, 5.41) is 11.1. The minimum atomic E-state index is -0.108. The van der Waals surface area contributed by atoms with Crippen LogP contribution in [0.1, 0.15) is 23.6 Å². The molecule has 1 atom stereocenters. The highest BCUT2D eigenvalue weighted by atomic mass is 35.5. The number of ether oxygens (including phenoxy) is 1. The van der Waals surface area contributed by atoms with Crippen LogP contribution in [0.2, 0.25) is 10.0 Å². The molecule has 2 aromatic carbocycles. The molecule has 1 heterocycles. The molecule has 1 N–H and O–H groups in total. The van der Waals surface area contributed by atoms with Crippen molar-refractivity contribution in [2.24, 2.45) is 5.10 Å². The molecule has 0 unspecified atom stereocenters. The van der Waals surface area contributed by atoms with Crippen LogP contribution in [0.5, 0.6) is 5.75 Å². The number of methoxy groups -OCH3 is 1. The van der Waals surface area contributed by atoms with Crippen molar-refractivity contribution in [3.63, 3.8) is 0 Å². The van der Waals surface area contributed by atoms with Crippen molar-refractivity contribution >= 4 is 46.2 Å². The van der Waals surface area contributed by atoms with Crippen molar-refractivity contribution < 1.29 is 4.74 Å². The molecule has 3 rings (SSSR count). The molecule has 0 amide bonds. The van der Waals surface area contributed by atoms with E-state index < -0.39 is 0 Å². The molecule has 0 aliphatic carbocycles. The van der Waals surface area contributed by atoms with Gasteiger partial charge in [0.25, 0.3) is 0 Å². The lowest BCUT2D eigenvalue weighted by Crippen LogP contribution is -2.34. The Kier molecular flexibility index (Phi) is 5.47. The van der Waals surface area contributed by atoms with Gasteiger partial charge in [0.1, 0.15) is 5.75 Å². The fraction of sp³-hybridized carbons (Fsp3) is 0.222. The lowest BCUT2D eigenvalue weighted by atomic mass is 9.98. The number of nitrogens with zero attached hydrogens (tertiary/aromatic N) is 2. The molecular formula is C18H17Cl2N3OS. The number of nitrogens with one attached hydrogen (secondary N) is 1. The molecule has 0 saturated heterocycles. The Hall–Kier alpha value is -1.82. The molecule has 1 aliphatic heterocycles. The van der Waals surface area contributed by atoms with Crippen LogP contribution < -0.4 is 10.1 Å². The SMILES string of the molecule is CNC(=S)N1N=C(c2ccc(OC)cc2)C[C@H]1c1cccc(Cl)c1Cl. The third-order valence-corrected chi connectivity index (χ3v) is 5.32. The third-order valence-electron chi connectivity index (χ3n) is 4.10. The van der Waals surface area contributed by atoms with Gasteiger partial charge in [0.15, 0.2) is 5.11 Å². The number of hydrazone groups is 1. The number of halogens is 2. The summed E-state index contributed by atoms with van der Waals surface area (Å²) in [7, 11) is 3.42. The summed E-state index contributed by atoms with van der Waals surface area (Å²) in [5.41, 5.74) is 2.85. The highest BCUT2D eigenvalue weighted by Crippen LogP contribution is 2.38. The van der Waals surface area contributed by atoms with E-state index in [0.29, 0.717) is 21.6 Å². The van der Waals surface area contributed by atoms with E-state index in [9.17, 15) is 0 Å². The van der Waals surface area contributed by atoms with Crippen LogP contribution in [0.4, 0.5) is 0 Å². The van der Waals surface area contributed by atoms with Crippen LogP contribution in [0.25, 0.3) is 0 Å². The lowest BCUT2D eigenvalue weighted by Gasteiger charge is -2.24. The van der Waals surface area contributed by atoms with E-state index in [2.05, 4.69) is 5.32 Å². The molecule has 0 spiro atoms. The molecule has 130 valence electrons. The second-order valence-corrected chi connectivity index (χ2v) is 6.71. The van der Waals surface area contributed by atoms with Gasteiger partial charge in [-0.3, -0.25) is 0 Å². The Labute approximate surface area is 162 Å². The van der Waals surface area contributed by atoms with E-state index in [4.69, 9.17) is 45.3 Å². The zero-order valence-corrected chi connectivity index (χ0v) is 16.1. The van der Waals surface area contributed by atoms with Gasteiger partial charge in [-0.25, -0.2) is 5.01 Å². The maximum absolute atomic E-state index is 6.43. The van der Waals surface area contributed by atoms with Gasteiger partial charge in [0.2, 0.25) is 0 Å². The minimum absolute atomic E-state index is 0.108. The molecule has 7 heteroatoms. The van der Waals surface area contributed by atoms with Crippen LogP contribution in [0.3, 0.4) is 0 Å². The maximum atomic E-state index is 6.43. The average molecular weight is 394 g/mol. The predicted molar refractivity (Wildman–Crippen MR) is 107 cm³/mol. The first-order valence-electron chi connectivity index (χ1n) is 7.72.